The molecule has 4 unspecified atom stereocenters. The van der Waals surface area contributed by atoms with Crippen LogP contribution in [0.4, 0.5) is 0 Å². The summed E-state index contributed by atoms with van der Waals surface area (Å²) in [6.07, 6.45) is 6.94. The molecule has 2 aliphatic carbocycles. The van der Waals surface area contributed by atoms with Gasteiger partial charge in [-0.1, -0.05) is 43.1 Å². The van der Waals surface area contributed by atoms with Gasteiger partial charge in [-0.3, -0.25) is 0 Å². The van der Waals surface area contributed by atoms with Crippen molar-refractivity contribution in [2.45, 2.75) is 45.1 Å². The summed E-state index contributed by atoms with van der Waals surface area (Å²) in [7, 11) is 0. The van der Waals surface area contributed by atoms with Gasteiger partial charge in [0.1, 0.15) is 0 Å². The third-order valence-electron chi connectivity index (χ3n) is 5.08. The molecule has 0 spiro atoms. The average molecular weight is 278 g/mol. The summed E-state index contributed by atoms with van der Waals surface area (Å²) in [5, 5.41) is 4.70. The van der Waals surface area contributed by atoms with Crippen LogP contribution in [-0.2, 0) is 0 Å². The fourth-order valence-electron chi connectivity index (χ4n) is 4.22. The Morgan fingerprint density at radius 2 is 2.11 bits per heavy atom. The van der Waals surface area contributed by atoms with Gasteiger partial charge < -0.3 is 5.32 Å². The molecular weight excluding hydrogens is 254 g/mol. The lowest BCUT2D eigenvalue weighted by Gasteiger charge is -2.32. The van der Waals surface area contributed by atoms with Crippen molar-refractivity contribution < 1.29 is 0 Å². The number of halogens is 1. The van der Waals surface area contributed by atoms with Crippen LogP contribution in [-0.4, -0.2) is 6.54 Å². The van der Waals surface area contributed by atoms with Crippen molar-refractivity contribution >= 4 is 11.6 Å². The third kappa shape index (κ3) is 2.68. The largest absolute Gasteiger partial charge is 0.310 e. The van der Waals surface area contributed by atoms with Crippen LogP contribution in [0.5, 0.6) is 0 Å². The van der Waals surface area contributed by atoms with Crippen molar-refractivity contribution in [2.24, 2.45) is 17.8 Å². The zero-order valence-corrected chi connectivity index (χ0v) is 12.5. The van der Waals surface area contributed by atoms with Crippen LogP contribution in [0, 0.1) is 17.8 Å². The molecule has 2 aliphatic rings. The van der Waals surface area contributed by atoms with Crippen LogP contribution in [0.25, 0.3) is 0 Å². The lowest BCUT2D eigenvalue weighted by molar-refractivity contribution is 0.251. The molecule has 1 aromatic rings. The van der Waals surface area contributed by atoms with Gasteiger partial charge in [-0.2, -0.15) is 0 Å². The second kappa shape index (κ2) is 5.85. The van der Waals surface area contributed by atoms with Gasteiger partial charge >= 0.3 is 0 Å². The number of rotatable bonds is 5. The molecule has 1 nitrogen and oxygen atoms in total. The van der Waals surface area contributed by atoms with Crippen LogP contribution >= 0.6 is 11.6 Å². The van der Waals surface area contributed by atoms with Gasteiger partial charge in [0, 0.05) is 11.1 Å². The second-order valence-corrected chi connectivity index (χ2v) is 6.70. The number of hydrogen-bond acceptors (Lipinski definition) is 1. The fraction of sp³-hybridized carbons (Fsp3) is 0.647. The number of nitrogens with one attached hydrogen (secondary N) is 1. The van der Waals surface area contributed by atoms with E-state index in [-0.39, 0.29) is 0 Å². The van der Waals surface area contributed by atoms with Crippen LogP contribution < -0.4 is 5.32 Å². The molecule has 0 radical (unpaired) electrons. The molecule has 0 aromatic heterocycles. The number of fused-ring (bicyclic) bond motifs is 2. The highest BCUT2D eigenvalue weighted by Crippen LogP contribution is 2.53. The van der Waals surface area contributed by atoms with E-state index in [1.807, 2.05) is 12.1 Å². The van der Waals surface area contributed by atoms with Crippen molar-refractivity contribution in [2.75, 3.05) is 6.54 Å². The maximum absolute atomic E-state index is 6.44. The highest BCUT2D eigenvalue weighted by atomic mass is 35.5. The monoisotopic (exact) mass is 277 g/mol. The smallest absolute Gasteiger partial charge is 0.0453 e. The minimum atomic E-state index is 0.462. The van der Waals surface area contributed by atoms with E-state index in [4.69, 9.17) is 11.6 Å². The van der Waals surface area contributed by atoms with Gasteiger partial charge in [0.25, 0.3) is 0 Å². The molecule has 3 rings (SSSR count). The predicted octanol–water partition coefficient (Wildman–Crippen LogP) is 4.82. The van der Waals surface area contributed by atoms with Gasteiger partial charge in [-0.15, -0.1) is 0 Å². The van der Waals surface area contributed by atoms with Crippen LogP contribution in [0.15, 0.2) is 24.3 Å². The van der Waals surface area contributed by atoms with Crippen molar-refractivity contribution in [3.63, 3.8) is 0 Å². The van der Waals surface area contributed by atoms with E-state index >= 15 is 0 Å². The molecular formula is C17H24ClN. The fourth-order valence-corrected chi connectivity index (χ4v) is 4.47. The molecule has 0 heterocycles. The van der Waals surface area contributed by atoms with Gasteiger partial charge in [0.05, 0.1) is 0 Å². The summed E-state index contributed by atoms with van der Waals surface area (Å²) >= 11 is 6.44. The van der Waals surface area contributed by atoms with Gasteiger partial charge in [-0.25, -0.2) is 0 Å². The summed E-state index contributed by atoms with van der Waals surface area (Å²) in [5.41, 5.74) is 1.31. The summed E-state index contributed by atoms with van der Waals surface area (Å²) in [6.45, 7) is 3.32. The SMILES string of the molecule is CCCNC(c1ccccc1Cl)C1CC2CCC1C2. The van der Waals surface area contributed by atoms with E-state index in [9.17, 15) is 0 Å². The van der Waals surface area contributed by atoms with Crippen LogP contribution in [0.2, 0.25) is 5.02 Å². The van der Waals surface area contributed by atoms with E-state index in [1.165, 1.54) is 37.7 Å². The molecule has 2 heteroatoms. The zero-order chi connectivity index (χ0) is 13.2. The quantitative estimate of drug-likeness (QED) is 0.814. The molecule has 1 aromatic carbocycles. The Hall–Kier alpha value is -0.530. The molecule has 4 atom stereocenters. The van der Waals surface area contributed by atoms with E-state index in [2.05, 4.69) is 24.4 Å². The van der Waals surface area contributed by atoms with Gasteiger partial charge in [-0.05, 0) is 61.6 Å². The Morgan fingerprint density at radius 1 is 1.26 bits per heavy atom. The zero-order valence-electron chi connectivity index (χ0n) is 11.7. The Morgan fingerprint density at radius 3 is 2.74 bits per heavy atom. The molecule has 2 saturated carbocycles. The summed E-state index contributed by atoms with van der Waals surface area (Å²) in [6, 6.07) is 8.86. The Kier molecular flexibility index (Phi) is 4.14. The standard InChI is InChI=1S/C17H24ClN/c1-2-9-19-17(14-5-3-4-6-16(14)18)15-11-12-7-8-13(15)10-12/h3-6,12-13,15,17,19H,2,7-11H2,1H3. The first-order chi connectivity index (χ1) is 9.29. The molecule has 2 fully saturated rings. The van der Waals surface area contributed by atoms with Crippen molar-refractivity contribution in [3.05, 3.63) is 34.9 Å². The Bertz CT molecular complexity index is 431. The molecule has 1 N–H and O–H groups in total. The second-order valence-electron chi connectivity index (χ2n) is 6.29. The summed E-state index contributed by atoms with van der Waals surface area (Å²) in [4.78, 5) is 0. The lowest BCUT2D eigenvalue weighted by atomic mass is 9.80. The van der Waals surface area contributed by atoms with Crippen molar-refractivity contribution in [1.29, 1.82) is 0 Å². The molecule has 19 heavy (non-hydrogen) atoms. The van der Waals surface area contributed by atoms with Gasteiger partial charge in [0.2, 0.25) is 0 Å². The first-order valence-corrected chi connectivity index (χ1v) is 8.15. The highest BCUT2D eigenvalue weighted by molar-refractivity contribution is 6.31. The Labute approximate surface area is 121 Å². The highest BCUT2D eigenvalue weighted by Gasteiger charge is 2.43. The van der Waals surface area contributed by atoms with Gasteiger partial charge in [0.15, 0.2) is 0 Å². The first-order valence-electron chi connectivity index (χ1n) is 7.77. The molecule has 104 valence electrons. The molecule has 0 saturated heterocycles. The van der Waals surface area contributed by atoms with E-state index in [1.54, 1.807) is 0 Å². The van der Waals surface area contributed by atoms with E-state index in [0.29, 0.717) is 6.04 Å². The van der Waals surface area contributed by atoms with E-state index in [0.717, 1.165) is 29.3 Å². The number of hydrogen-bond donors (Lipinski definition) is 1. The van der Waals surface area contributed by atoms with Crippen molar-refractivity contribution in [1.82, 2.24) is 5.32 Å². The Balaban J connectivity index is 1.83. The van der Waals surface area contributed by atoms with Crippen molar-refractivity contribution in [3.8, 4) is 0 Å². The maximum atomic E-state index is 6.44. The minimum absolute atomic E-state index is 0.462. The first kappa shape index (κ1) is 13.5. The summed E-state index contributed by atoms with van der Waals surface area (Å²) in [5.74, 6) is 2.71. The normalized spacial score (nSPS) is 30.7. The topological polar surface area (TPSA) is 12.0 Å². The van der Waals surface area contributed by atoms with Crippen LogP contribution in [0.3, 0.4) is 0 Å². The minimum Gasteiger partial charge on any atom is -0.310 e. The molecule has 0 aliphatic heterocycles. The summed E-state index contributed by atoms with van der Waals surface area (Å²) < 4.78 is 0. The number of benzene rings is 1. The van der Waals surface area contributed by atoms with E-state index < -0.39 is 0 Å². The predicted molar refractivity (Wildman–Crippen MR) is 81.4 cm³/mol. The maximum Gasteiger partial charge on any atom is 0.0453 e. The average Bonchev–Trinajstić information content (AvgIpc) is 3.04. The molecule has 2 bridgehead atoms. The lowest BCUT2D eigenvalue weighted by Crippen LogP contribution is -2.32. The molecule has 0 amide bonds. The third-order valence-corrected chi connectivity index (χ3v) is 5.42. The van der Waals surface area contributed by atoms with Crippen LogP contribution in [0.1, 0.15) is 50.6 Å².